The molecule has 1 N–H and O–H groups in total. The van der Waals surface area contributed by atoms with E-state index in [4.69, 9.17) is 0 Å². The quantitative estimate of drug-likeness (QED) is 0.883. The normalized spacial score (nSPS) is 20.4. The van der Waals surface area contributed by atoms with Crippen LogP contribution >= 0.6 is 0 Å². The molecule has 5 nitrogen and oxygen atoms in total. The van der Waals surface area contributed by atoms with Crippen molar-refractivity contribution in [1.82, 2.24) is 9.88 Å². The second-order valence-electron chi connectivity index (χ2n) is 5.34. The van der Waals surface area contributed by atoms with Gasteiger partial charge in [0.05, 0.1) is 11.7 Å². The Morgan fingerprint density at radius 2 is 2.26 bits per heavy atom. The smallest absolute Gasteiger partial charge is 0.255 e. The number of aromatic nitrogens is 1. The molecule has 2 atom stereocenters. The zero-order valence-corrected chi connectivity index (χ0v) is 11.7. The predicted molar refractivity (Wildman–Crippen MR) is 74.3 cm³/mol. The third-order valence-corrected chi connectivity index (χ3v) is 3.65. The summed E-state index contributed by atoms with van der Waals surface area (Å²) in [6.07, 6.45) is 2.13. The van der Waals surface area contributed by atoms with Gasteiger partial charge in [-0.05, 0) is 25.5 Å². The van der Waals surface area contributed by atoms with Crippen molar-refractivity contribution >= 4 is 11.7 Å². The Balaban J connectivity index is 2.04. The Kier molecular flexibility index (Phi) is 4.04. The second kappa shape index (κ2) is 5.57. The monoisotopic (exact) mass is 263 g/mol. The van der Waals surface area contributed by atoms with Crippen LogP contribution in [0.4, 0.5) is 5.82 Å². The van der Waals surface area contributed by atoms with Crippen LogP contribution in [0.5, 0.6) is 0 Å². The number of carbonyl (C=O) groups is 1. The molecule has 1 saturated heterocycles. The summed E-state index contributed by atoms with van der Waals surface area (Å²) in [5.41, 5.74) is 0.608. The van der Waals surface area contributed by atoms with Crippen LogP contribution in [0.25, 0.3) is 0 Å². The minimum Gasteiger partial charge on any atom is -0.393 e. The molecule has 104 valence electrons. The van der Waals surface area contributed by atoms with Gasteiger partial charge in [0.15, 0.2) is 0 Å². The van der Waals surface area contributed by atoms with Gasteiger partial charge in [0.1, 0.15) is 5.82 Å². The molecule has 0 spiro atoms. The SMILES string of the molecule is CC(O)C1CCN(C(=O)c2ccc(N(C)C)nc2)C1. The Morgan fingerprint density at radius 3 is 2.74 bits per heavy atom. The lowest BCUT2D eigenvalue weighted by molar-refractivity contribution is 0.0762. The number of amides is 1. The minimum absolute atomic E-state index is 0.000885. The van der Waals surface area contributed by atoms with Crippen molar-refractivity contribution in [2.24, 2.45) is 5.92 Å². The van der Waals surface area contributed by atoms with Gasteiger partial charge in [-0.15, -0.1) is 0 Å². The van der Waals surface area contributed by atoms with Gasteiger partial charge in [-0.25, -0.2) is 4.98 Å². The number of rotatable bonds is 3. The summed E-state index contributed by atoms with van der Waals surface area (Å²) in [6, 6.07) is 3.65. The topological polar surface area (TPSA) is 56.7 Å². The highest BCUT2D eigenvalue weighted by Crippen LogP contribution is 2.21. The van der Waals surface area contributed by atoms with E-state index in [0.717, 1.165) is 12.2 Å². The fourth-order valence-corrected chi connectivity index (χ4v) is 2.33. The van der Waals surface area contributed by atoms with Crippen LogP contribution in [0.2, 0.25) is 0 Å². The third-order valence-electron chi connectivity index (χ3n) is 3.65. The van der Waals surface area contributed by atoms with Crippen molar-refractivity contribution in [1.29, 1.82) is 0 Å². The number of anilines is 1. The molecule has 0 aromatic carbocycles. The van der Waals surface area contributed by atoms with E-state index in [1.807, 2.05) is 25.1 Å². The second-order valence-corrected chi connectivity index (χ2v) is 5.34. The van der Waals surface area contributed by atoms with Crippen LogP contribution in [0.3, 0.4) is 0 Å². The van der Waals surface area contributed by atoms with E-state index >= 15 is 0 Å². The minimum atomic E-state index is -0.355. The maximum atomic E-state index is 12.3. The van der Waals surface area contributed by atoms with E-state index in [9.17, 15) is 9.90 Å². The average molecular weight is 263 g/mol. The highest BCUT2D eigenvalue weighted by atomic mass is 16.3. The molecule has 0 aliphatic carbocycles. The van der Waals surface area contributed by atoms with E-state index in [2.05, 4.69) is 4.98 Å². The summed E-state index contributed by atoms with van der Waals surface area (Å²) in [5.74, 6) is 1.03. The van der Waals surface area contributed by atoms with Gasteiger partial charge in [0, 0.05) is 39.3 Å². The molecule has 1 aromatic rings. The summed E-state index contributed by atoms with van der Waals surface area (Å²) in [7, 11) is 3.83. The highest BCUT2D eigenvalue weighted by Gasteiger charge is 2.29. The number of hydrogen-bond donors (Lipinski definition) is 1. The predicted octanol–water partition coefficient (Wildman–Crippen LogP) is 0.991. The van der Waals surface area contributed by atoms with Gasteiger partial charge in [0.25, 0.3) is 5.91 Å². The molecule has 1 aromatic heterocycles. The summed E-state index contributed by atoms with van der Waals surface area (Å²) >= 11 is 0. The largest absolute Gasteiger partial charge is 0.393 e. The van der Waals surface area contributed by atoms with Crippen molar-refractivity contribution < 1.29 is 9.90 Å². The molecule has 2 rings (SSSR count). The third kappa shape index (κ3) is 3.04. The van der Waals surface area contributed by atoms with E-state index in [0.29, 0.717) is 18.7 Å². The lowest BCUT2D eigenvalue weighted by atomic mass is 10.0. The summed E-state index contributed by atoms with van der Waals surface area (Å²) in [6.45, 7) is 3.13. The average Bonchev–Trinajstić information content (AvgIpc) is 2.87. The van der Waals surface area contributed by atoms with Crippen molar-refractivity contribution in [2.75, 3.05) is 32.1 Å². The van der Waals surface area contributed by atoms with Gasteiger partial charge in [-0.1, -0.05) is 0 Å². The van der Waals surface area contributed by atoms with Gasteiger partial charge in [-0.2, -0.15) is 0 Å². The fourth-order valence-electron chi connectivity index (χ4n) is 2.33. The lowest BCUT2D eigenvalue weighted by Crippen LogP contribution is -2.30. The number of nitrogens with zero attached hydrogens (tertiary/aromatic N) is 3. The molecule has 1 fully saturated rings. The molecule has 19 heavy (non-hydrogen) atoms. The van der Waals surface area contributed by atoms with Gasteiger partial charge in [0.2, 0.25) is 0 Å². The number of hydrogen-bond acceptors (Lipinski definition) is 4. The molecular formula is C14H21N3O2. The first-order valence-corrected chi connectivity index (χ1v) is 6.59. The number of pyridine rings is 1. The maximum Gasteiger partial charge on any atom is 0.255 e. The molecular weight excluding hydrogens is 242 g/mol. The van der Waals surface area contributed by atoms with E-state index in [-0.39, 0.29) is 17.9 Å². The number of likely N-dealkylation sites (tertiary alicyclic amines) is 1. The Morgan fingerprint density at radius 1 is 1.53 bits per heavy atom. The Labute approximate surface area is 113 Å². The molecule has 0 bridgehead atoms. The van der Waals surface area contributed by atoms with Crippen molar-refractivity contribution in [3.8, 4) is 0 Å². The van der Waals surface area contributed by atoms with Crippen molar-refractivity contribution in [2.45, 2.75) is 19.4 Å². The first-order valence-electron chi connectivity index (χ1n) is 6.59. The van der Waals surface area contributed by atoms with E-state index in [1.165, 1.54) is 0 Å². The Hall–Kier alpha value is -1.62. The fraction of sp³-hybridized carbons (Fsp3) is 0.571. The summed E-state index contributed by atoms with van der Waals surface area (Å²) in [5, 5.41) is 9.56. The van der Waals surface area contributed by atoms with Crippen LogP contribution in [0.1, 0.15) is 23.7 Å². The van der Waals surface area contributed by atoms with Crippen LogP contribution in [-0.4, -0.2) is 54.2 Å². The molecule has 1 aliphatic heterocycles. The van der Waals surface area contributed by atoms with E-state index in [1.54, 1.807) is 24.1 Å². The summed E-state index contributed by atoms with van der Waals surface area (Å²) in [4.78, 5) is 20.2. The number of carbonyl (C=O) groups excluding carboxylic acids is 1. The Bertz CT molecular complexity index is 443. The number of aliphatic hydroxyl groups is 1. The number of aliphatic hydroxyl groups excluding tert-OH is 1. The van der Waals surface area contributed by atoms with E-state index < -0.39 is 0 Å². The highest BCUT2D eigenvalue weighted by molar-refractivity contribution is 5.94. The molecule has 0 saturated carbocycles. The van der Waals surface area contributed by atoms with Gasteiger partial charge >= 0.3 is 0 Å². The zero-order chi connectivity index (χ0) is 14.0. The van der Waals surface area contributed by atoms with Gasteiger partial charge < -0.3 is 14.9 Å². The lowest BCUT2D eigenvalue weighted by Gasteiger charge is -2.18. The van der Waals surface area contributed by atoms with Crippen molar-refractivity contribution in [3.05, 3.63) is 23.9 Å². The van der Waals surface area contributed by atoms with Crippen LogP contribution in [-0.2, 0) is 0 Å². The molecule has 5 heteroatoms. The van der Waals surface area contributed by atoms with Crippen molar-refractivity contribution in [3.63, 3.8) is 0 Å². The molecule has 1 amide bonds. The first kappa shape index (κ1) is 13.8. The summed E-state index contributed by atoms with van der Waals surface area (Å²) < 4.78 is 0. The standard InChI is InChI=1S/C14H21N3O2/c1-10(18)12-6-7-17(9-12)14(19)11-4-5-13(15-8-11)16(2)3/h4-5,8,10,12,18H,6-7,9H2,1-3H3. The maximum absolute atomic E-state index is 12.3. The molecule has 2 heterocycles. The van der Waals surface area contributed by atoms with Crippen LogP contribution in [0, 0.1) is 5.92 Å². The van der Waals surface area contributed by atoms with Gasteiger partial charge in [-0.3, -0.25) is 4.79 Å². The zero-order valence-electron chi connectivity index (χ0n) is 11.7. The van der Waals surface area contributed by atoms with Crippen LogP contribution in [0.15, 0.2) is 18.3 Å². The first-order chi connectivity index (χ1) is 8.99. The molecule has 0 radical (unpaired) electrons. The molecule has 1 aliphatic rings. The van der Waals surface area contributed by atoms with Crippen LogP contribution < -0.4 is 4.90 Å². The molecule has 2 unspecified atom stereocenters.